The summed E-state index contributed by atoms with van der Waals surface area (Å²) < 4.78 is 0. The van der Waals surface area contributed by atoms with Gasteiger partial charge in [-0.15, -0.1) is 0 Å². The lowest BCUT2D eigenvalue weighted by Crippen LogP contribution is -2.51. The third-order valence-corrected chi connectivity index (χ3v) is 7.75. The molecule has 1 saturated heterocycles. The Bertz CT molecular complexity index is 1230. The summed E-state index contributed by atoms with van der Waals surface area (Å²) in [6, 6.07) is 27.3. The fourth-order valence-electron chi connectivity index (χ4n) is 4.44. The molecule has 0 spiro atoms. The van der Waals surface area contributed by atoms with Gasteiger partial charge < -0.3 is 14.7 Å². The first-order valence-electron chi connectivity index (χ1n) is 11.0. The van der Waals surface area contributed by atoms with Gasteiger partial charge in [0.1, 0.15) is 6.07 Å². The average Bonchev–Trinajstić information content (AvgIpc) is 2.84. The van der Waals surface area contributed by atoms with Gasteiger partial charge >= 0.3 is 0 Å². The molecule has 0 aromatic heterocycles. The number of nitriles is 1. The fraction of sp³-hybridized carbons (Fsp3) is 0.222. The lowest BCUT2D eigenvalue weighted by atomic mass is 9.96. The summed E-state index contributed by atoms with van der Waals surface area (Å²) in [6.07, 6.45) is 0. The van der Waals surface area contributed by atoms with Gasteiger partial charge in [-0.3, -0.25) is 0 Å². The van der Waals surface area contributed by atoms with Crippen LogP contribution in [0.15, 0.2) is 83.4 Å². The van der Waals surface area contributed by atoms with Crippen molar-refractivity contribution in [2.45, 2.75) is 19.9 Å². The molecule has 3 aromatic carbocycles. The topological polar surface area (TPSA) is 33.5 Å². The largest absolute Gasteiger partial charge is 0.344 e. The number of rotatable bonds is 3. The van der Waals surface area contributed by atoms with Crippen LogP contribution in [-0.4, -0.2) is 24.1 Å². The van der Waals surface area contributed by atoms with E-state index in [1.165, 1.54) is 16.8 Å². The summed E-state index contributed by atoms with van der Waals surface area (Å²) >= 11 is 8.39. The van der Waals surface area contributed by atoms with Gasteiger partial charge in [-0.1, -0.05) is 77.0 Å². The smallest absolute Gasteiger partial charge is 0.100 e. The highest BCUT2D eigenvalue weighted by atomic mass is 35.5. The Kier molecular flexibility index (Phi) is 5.97. The molecule has 6 heteroatoms. The molecule has 0 N–H and O–H groups in total. The van der Waals surface area contributed by atoms with Crippen molar-refractivity contribution in [3.05, 3.63) is 105 Å². The molecule has 33 heavy (non-hydrogen) atoms. The number of benzene rings is 3. The van der Waals surface area contributed by atoms with Gasteiger partial charge in [-0.2, -0.15) is 5.26 Å². The monoisotopic (exact) mass is 472 g/mol. The van der Waals surface area contributed by atoms with E-state index in [-0.39, 0.29) is 6.04 Å². The van der Waals surface area contributed by atoms with Crippen LogP contribution in [0.1, 0.15) is 22.7 Å². The SMILES string of the molecule is Cc1ccc(N2CSC3=C(C#N)[C@H](c4ccccc4Cl)N(c4ccc(C)cc4)CN3C2)cc1. The molecule has 2 aliphatic rings. The van der Waals surface area contributed by atoms with Crippen LogP contribution in [0, 0.1) is 25.2 Å². The summed E-state index contributed by atoms with van der Waals surface area (Å²) in [5.74, 6) is 0.805. The van der Waals surface area contributed by atoms with E-state index in [2.05, 4.69) is 83.1 Å². The number of anilines is 2. The van der Waals surface area contributed by atoms with Crippen molar-refractivity contribution in [3.8, 4) is 6.07 Å². The van der Waals surface area contributed by atoms with Crippen LogP contribution in [0.5, 0.6) is 0 Å². The first-order chi connectivity index (χ1) is 16.0. The molecule has 0 radical (unpaired) electrons. The summed E-state index contributed by atoms with van der Waals surface area (Å²) in [6.45, 7) is 5.60. The molecule has 5 rings (SSSR count). The van der Waals surface area contributed by atoms with E-state index in [1.807, 2.05) is 24.3 Å². The molecule has 166 valence electrons. The standard InChI is InChI=1S/C27H25ClN4S/c1-19-7-11-21(12-8-19)31-16-30-17-32(22-13-9-20(2)10-14-22)26(23-5-3-4-6-25(23)28)24(15-29)27(30)33-18-31/h3-14,26H,16-18H2,1-2H3/t26-/m0/s1. The van der Waals surface area contributed by atoms with Crippen LogP contribution in [0.3, 0.4) is 0 Å². The fourth-order valence-corrected chi connectivity index (χ4v) is 5.80. The van der Waals surface area contributed by atoms with E-state index in [0.29, 0.717) is 11.7 Å². The van der Waals surface area contributed by atoms with E-state index < -0.39 is 0 Å². The zero-order chi connectivity index (χ0) is 22.9. The average molecular weight is 473 g/mol. The Morgan fingerprint density at radius 1 is 0.848 bits per heavy atom. The summed E-state index contributed by atoms with van der Waals surface area (Å²) in [5, 5.41) is 12.1. The zero-order valence-corrected chi connectivity index (χ0v) is 20.3. The molecule has 0 unspecified atom stereocenters. The minimum atomic E-state index is -0.226. The molecule has 2 heterocycles. The van der Waals surface area contributed by atoms with Crippen LogP contribution in [0.25, 0.3) is 0 Å². The molecule has 0 aliphatic carbocycles. The van der Waals surface area contributed by atoms with Crippen LogP contribution in [0.4, 0.5) is 11.4 Å². The minimum Gasteiger partial charge on any atom is -0.344 e. The van der Waals surface area contributed by atoms with Crippen LogP contribution in [-0.2, 0) is 0 Å². The number of nitrogens with zero attached hydrogens (tertiary/aromatic N) is 4. The molecule has 0 amide bonds. The number of halogens is 1. The van der Waals surface area contributed by atoms with Crippen molar-refractivity contribution < 1.29 is 0 Å². The highest BCUT2D eigenvalue weighted by Gasteiger charge is 2.39. The van der Waals surface area contributed by atoms with E-state index in [1.54, 1.807) is 11.8 Å². The number of aryl methyl sites for hydroxylation is 2. The molecular weight excluding hydrogens is 448 g/mol. The minimum absolute atomic E-state index is 0.226. The molecule has 0 bridgehead atoms. The lowest BCUT2D eigenvalue weighted by Gasteiger charge is -2.49. The van der Waals surface area contributed by atoms with Gasteiger partial charge in [0, 0.05) is 16.4 Å². The Labute approximate surface area is 204 Å². The number of hydrogen-bond donors (Lipinski definition) is 0. The second-order valence-electron chi connectivity index (χ2n) is 8.53. The Balaban J connectivity index is 1.58. The summed E-state index contributed by atoms with van der Waals surface area (Å²) in [5.41, 5.74) is 6.45. The van der Waals surface area contributed by atoms with Crippen molar-refractivity contribution in [2.75, 3.05) is 29.0 Å². The van der Waals surface area contributed by atoms with E-state index in [9.17, 15) is 5.26 Å². The Morgan fingerprint density at radius 2 is 1.48 bits per heavy atom. The molecule has 3 aromatic rings. The van der Waals surface area contributed by atoms with Crippen molar-refractivity contribution >= 4 is 34.7 Å². The van der Waals surface area contributed by atoms with Gasteiger partial charge in [-0.25, -0.2) is 0 Å². The lowest BCUT2D eigenvalue weighted by molar-refractivity contribution is 0.326. The van der Waals surface area contributed by atoms with E-state index >= 15 is 0 Å². The van der Waals surface area contributed by atoms with Gasteiger partial charge in [-0.05, 0) is 49.7 Å². The predicted molar refractivity (Wildman–Crippen MR) is 138 cm³/mol. The van der Waals surface area contributed by atoms with Crippen molar-refractivity contribution in [2.24, 2.45) is 0 Å². The number of thioether (sulfide) groups is 1. The third-order valence-electron chi connectivity index (χ3n) is 6.21. The van der Waals surface area contributed by atoms with Crippen LogP contribution >= 0.6 is 23.4 Å². The molecule has 1 atom stereocenters. The van der Waals surface area contributed by atoms with Gasteiger partial charge in [0.15, 0.2) is 0 Å². The van der Waals surface area contributed by atoms with Crippen molar-refractivity contribution in [1.82, 2.24) is 4.90 Å². The maximum atomic E-state index is 10.3. The first-order valence-corrected chi connectivity index (χ1v) is 12.3. The summed E-state index contributed by atoms with van der Waals surface area (Å²) in [4.78, 5) is 6.95. The number of fused-ring (bicyclic) bond motifs is 1. The molecule has 0 saturated carbocycles. The first kappa shape index (κ1) is 21.8. The highest BCUT2D eigenvalue weighted by molar-refractivity contribution is 8.03. The van der Waals surface area contributed by atoms with Crippen molar-refractivity contribution in [1.29, 1.82) is 5.26 Å². The van der Waals surface area contributed by atoms with Crippen molar-refractivity contribution in [3.63, 3.8) is 0 Å². The Hall–Kier alpha value is -3.07. The summed E-state index contributed by atoms with van der Waals surface area (Å²) in [7, 11) is 0. The molecule has 4 nitrogen and oxygen atoms in total. The zero-order valence-electron chi connectivity index (χ0n) is 18.7. The van der Waals surface area contributed by atoms with Gasteiger partial charge in [0.25, 0.3) is 0 Å². The number of hydrogen-bond acceptors (Lipinski definition) is 5. The van der Waals surface area contributed by atoms with E-state index in [4.69, 9.17) is 11.6 Å². The molecule has 2 aliphatic heterocycles. The van der Waals surface area contributed by atoms with Gasteiger partial charge in [0.05, 0.1) is 35.9 Å². The maximum Gasteiger partial charge on any atom is 0.100 e. The normalized spacial score (nSPS) is 18.2. The third kappa shape index (κ3) is 4.17. The highest BCUT2D eigenvalue weighted by Crippen LogP contribution is 2.45. The molecule has 1 fully saturated rings. The van der Waals surface area contributed by atoms with E-state index in [0.717, 1.165) is 34.4 Å². The second kappa shape index (κ2) is 9.05. The van der Waals surface area contributed by atoms with Crippen LogP contribution < -0.4 is 9.80 Å². The quantitative estimate of drug-likeness (QED) is 0.424. The molecular formula is C27H25ClN4S. The predicted octanol–water partition coefficient (Wildman–Crippen LogP) is 6.68. The van der Waals surface area contributed by atoms with Crippen LogP contribution in [0.2, 0.25) is 5.02 Å². The van der Waals surface area contributed by atoms with Gasteiger partial charge in [0.2, 0.25) is 0 Å². The second-order valence-corrected chi connectivity index (χ2v) is 9.87. The maximum absolute atomic E-state index is 10.3. The Morgan fingerprint density at radius 3 is 2.12 bits per heavy atom.